The Morgan fingerprint density at radius 3 is 2.62 bits per heavy atom. The average molecular weight is 294 g/mol. The van der Waals surface area contributed by atoms with E-state index in [1.54, 1.807) is 0 Å². The number of nitrogens with zero attached hydrogens (tertiary/aromatic N) is 2. The maximum absolute atomic E-state index is 11.6. The number of carbonyl (C=O) groups excluding carboxylic acids is 1. The minimum Gasteiger partial charge on any atom is -0.356 e. The van der Waals surface area contributed by atoms with Gasteiger partial charge in [-0.2, -0.15) is 0 Å². The maximum atomic E-state index is 11.6. The Morgan fingerprint density at radius 1 is 1.19 bits per heavy atom. The summed E-state index contributed by atoms with van der Waals surface area (Å²) in [5.74, 6) is 1.08. The number of rotatable bonds is 5. The van der Waals surface area contributed by atoms with Crippen LogP contribution in [0.3, 0.4) is 0 Å². The highest BCUT2D eigenvalue weighted by atomic mass is 16.1. The van der Waals surface area contributed by atoms with Gasteiger partial charge in [0.05, 0.1) is 0 Å². The molecule has 0 bridgehead atoms. The minimum atomic E-state index is 0.119. The number of carbonyl (C=O) groups is 1. The molecule has 1 saturated heterocycles. The zero-order chi connectivity index (χ0) is 15.1. The molecule has 21 heavy (non-hydrogen) atoms. The van der Waals surface area contributed by atoms with Crippen LogP contribution in [0.1, 0.15) is 51.9 Å². The molecule has 2 rings (SSSR count). The molecule has 2 fully saturated rings. The van der Waals surface area contributed by atoms with Crippen LogP contribution in [0.4, 0.5) is 0 Å². The Morgan fingerprint density at radius 2 is 1.95 bits per heavy atom. The van der Waals surface area contributed by atoms with Crippen molar-refractivity contribution in [1.29, 1.82) is 0 Å². The van der Waals surface area contributed by atoms with Crippen LogP contribution in [0.15, 0.2) is 4.99 Å². The van der Waals surface area contributed by atoms with Crippen LogP contribution >= 0.6 is 0 Å². The van der Waals surface area contributed by atoms with Gasteiger partial charge < -0.3 is 15.5 Å². The van der Waals surface area contributed by atoms with Crippen LogP contribution in [0.2, 0.25) is 0 Å². The molecule has 1 amide bonds. The van der Waals surface area contributed by atoms with Crippen molar-refractivity contribution in [2.24, 2.45) is 10.4 Å². The fourth-order valence-corrected chi connectivity index (χ4v) is 3.62. The quantitative estimate of drug-likeness (QED) is 0.600. The summed E-state index contributed by atoms with van der Waals surface area (Å²) in [6, 6.07) is 0. The van der Waals surface area contributed by atoms with E-state index >= 15 is 0 Å². The van der Waals surface area contributed by atoms with Gasteiger partial charge in [0.25, 0.3) is 0 Å². The molecule has 1 spiro atoms. The predicted molar refractivity (Wildman–Crippen MR) is 86.4 cm³/mol. The van der Waals surface area contributed by atoms with Gasteiger partial charge in [-0.1, -0.05) is 19.8 Å². The van der Waals surface area contributed by atoms with E-state index in [2.05, 4.69) is 27.4 Å². The molecule has 5 heteroatoms. The van der Waals surface area contributed by atoms with Crippen molar-refractivity contribution < 1.29 is 4.79 Å². The van der Waals surface area contributed by atoms with Crippen LogP contribution in [-0.2, 0) is 4.79 Å². The van der Waals surface area contributed by atoms with Crippen molar-refractivity contribution in [3.8, 4) is 0 Å². The monoisotopic (exact) mass is 294 g/mol. The lowest BCUT2D eigenvalue weighted by Gasteiger charge is -2.25. The first-order valence-corrected chi connectivity index (χ1v) is 8.41. The first-order chi connectivity index (χ1) is 10.2. The third kappa shape index (κ3) is 4.35. The SMILES string of the molecule is CCCNC(=O)CCNC(=NC)N1CCC2(CCCC2)C1. The first-order valence-electron chi connectivity index (χ1n) is 8.41. The molecule has 0 unspecified atom stereocenters. The van der Waals surface area contributed by atoms with Crippen LogP contribution in [-0.4, -0.2) is 50.0 Å². The van der Waals surface area contributed by atoms with E-state index in [0.29, 0.717) is 18.4 Å². The summed E-state index contributed by atoms with van der Waals surface area (Å²) < 4.78 is 0. The van der Waals surface area contributed by atoms with Crippen LogP contribution < -0.4 is 10.6 Å². The molecular formula is C16H30N4O. The lowest BCUT2D eigenvalue weighted by molar-refractivity contribution is -0.120. The fourth-order valence-electron chi connectivity index (χ4n) is 3.62. The van der Waals surface area contributed by atoms with Gasteiger partial charge in [-0.15, -0.1) is 0 Å². The molecule has 0 radical (unpaired) electrons. The van der Waals surface area contributed by atoms with E-state index in [-0.39, 0.29) is 5.91 Å². The summed E-state index contributed by atoms with van der Waals surface area (Å²) in [4.78, 5) is 18.3. The van der Waals surface area contributed by atoms with E-state index in [1.807, 2.05) is 7.05 Å². The van der Waals surface area contributed by atoms with Gasteiger partial charge >= 0.3 is 0 Å². The predicted octanol–water partition coefficient (Wildman–Crippen LogP) is 1.74. The van der Waals surface area contributed by atoms with Gasteiger partial charge in [-0.25, -0.2) is 0 Å². The van der Waals surface area contributed by atoms with E-state index in [1.165, 1.54) is 32.1 Å². The van der Waals surface area contributed by atoms with Crippen LogP contribution in [0.5, 0.6) is 0 Å². The smallest absolute Gasteiger partial charge is 0.221 e. The van der Waals surface area contributed by atoms with Gasteiger partial charge in [0.15, 0.2) is 5.96 Å². The largest absolute Gasteiger partial charge is 0.356 e. The molecule has 5 nitrogen and oxygen atoms in total. The number of hydrogen-bond donors (Lipinski definition) is 2. The molecule has 120 valence electrons. The first kappa shape index (κ1) is 16.1. The number of guanidine groups is 1. The van der Waals surface area contributed by atoms with Gasteiger partial charge in [-0.3, -0.25) is 9.79 Å². The number of likely N-dealkylation sites (tertiary alicyclic amines) is 1. The molecule has 1 saturated carbocycles. The Balaban J connectivity index is 1.73. The van der Waals surface area contributed by atoms with Gasteiger partial charge in [0, 0.05) is 39.6 Å². The number of hydrogen-bond acceptors (Lipinski definition) is 2. The zero-order valence-corrected chi connectivity index (χ0v) is 13.6. The molecule has 2 aliphatic rings. The number of nitrogens with one attached hydrogen (secondary N) is 2. The normalized spacial score (nSPS) is 21.0. The van der Waals surface area contributed by atoms with E-state index in [4.69, 9.17) is 0 Å². The van der Waals surface area contributed by atoms with Crippen molar-refractivity contribution >= 4 is 11.9 Å². The molecule has 0 aromatic heterocycles. The summed E-state index contributed by atoms with van der Waals surface area (Å²) in [7, 11) is 1.83. The Hall–Kier alpha value is -1.26. The molecular weight excluding hydrogens is 264 g/mol. The fraction of sp³-hybridized carbons (Fsp3) is 0.875. The third-order valence-electron chi connectivity index (χ3n) is 4.82. The zero-order valence-electron chi connectivity index (χ0n) is 13.6. The summed E-state index contributed by atoms with van der Waals surface area (Å²) in [6.07, 6.45) is 8.31. The van der Waals surface area contributed by atoms with Gasteiger partial charge in [0.1, 0.15) is 0 Å². The Bertz CT molecular complexity index is 374. The van der Waals surface area contributed by atoms with Crippen molar-refractivity contribution in [1.82, 2.24) is 15.5 Å². The minimum absolute atomic E-state index is 0.119. The molecule has 1 heterocycles. The summed E-state index contributed by atoms with van der Waals surface area (Å²) in [6.45, 7) is 5.72. The topological polar surface area (TPSA) is 56.7 Å². The second-order valence-electron chi connectivity index (χ2n) is 6.45. The standard InChI is InChI=1S/C16H30N4O/c1-3-10-18-14(21)6-11-19-15(17-2)20-12-9-16(13-20)7-4-5-8-16/h3-13H2,1-2H3,(H,17,19)(H,18,21). The summed E-state index contributed by atoms with van der Waals surface area (Å²) >= 11 is 0. The second-order valence-corrected chi connectivity index (χ2v) is 6.45. The molecule has 0 aromatic carbocycles. The lowest BCUT2D eigenvalue weighted by atomic mass is 9.86. The molecule has 1 aliphatic heterocycles. The van der Waals surface area contributed by atoms with Crippen molar-refractivity contribution in [3.63, 3.8) is 0 Å². The average Bonchev–Trinajstić information content (AvgIpc) is 3.12. The Labute approximate surface area is 128 Å². The molecule has 0 aromatic rings. The van der Waals surface area contributed by atoms with Crippen LogP contribution in [0, 0.1) is 5.41 Å². The van der Waals surface area contributed by atoms with Gasteiger partial charge in [-0.05, 0) is 31.1 Å². The van der Waals surface area contributed by atoms with Gasteiger partial charge in [0.2, 0.25) is 5.91 Å². The highest BCUT2D eigenvalue weighted by Crippen LogP contribution is 2.45. The molecule has 1 aliphatic carbocycles. The van der Waals surface area contributed by atoms with Crippen LogP contribution in [0.25, 0.3) is 0 Å². The van der Waals surface area contributed by atoms with Crippen molar-refractivity contribution in [2.45, 2.75) is 51.9 Å². The summed E-state index contributed by atoms with van der Waals surface area (Å²) in [5, 5.41) is 6.24. The lowest BCUT2D eigenvalue weighted by Crippen LogP contribution is -2.42. The highest BCUT2D eigenvalue weighted by molar-refractivity contribution is 5.81. The highest BCUT2D eigenvalue weighted by Gasteiger charge is 2.40. The van der Waals surface area contributed by atoms with E-state index < -0.39 is 0 Å². The van der Waals surface area contributed by atoms with Crippen molar-refractivity contribution in [3.05, 3.63) is 0 Å². The third-order valence-corrected chi connectivity index (χ3v) is 4.82. The maximum Gasteiger partial charge on any atom is 0.221 e. The van der Waals surface area contributed by atoms with E-state index in [0.717, 1.165) is 32.0 Å². The molecule has 2 N–H and O–H groups in total. The Kier molecular flexibility index (Phi) is 5.88. The summed E-state index contributed by atoms with van der Waals surface area (Å²) in [5.41, 5.74) is 0.552. The molecule has 0 atom stereocenters. The van der Waals surface area contributed by atoms with E-state index in [9.17, 15) is 4.79 Å². The number of aliphatic imine (C=N–C) groups is 1. The number of amides is 1. The van der Waals surface area contributed by atoms with Crippen molar-refractivity contribution in [2.75, 3.05) is 33.2 Å². The second kappa shape index (κ2) is 7.66.